The second-order valence-corrected chi connectivity index (χ2v) is 5.15. The third-order valence-corrected chi connectivity index (χ3v) is 3.90. The molecule has 0 aliphatic carbocycles. The van der Waals surface area contributed by atoms with E-state index in [-0.39, 0.29) is 17.7 Å². The SMILES string of the molecule is O=C1CCC(c2ccc(Br)c3cn[nH]c23)C(=O)N1. The van der Waals surface area contributed by atoms with Crippen LogP contribution in [0.4, 0.5) is 0 Å². The van der Waals surface area contributed by atoms with Gasteiger partial charge in [-0.15, -0.1) is 0 Å². The molecule has 0 bridgehead atoms. The predicted molar refractivity (Wildman–Crippen MR) is 68.9 cm³/mol. The normalized spacial score (nSPS) is 20.2. The van der Waals surface area contributed by atoms with E-state index in [0.29, 0.717) is 12.8 Å². The van der Waals surface area contributed by atoms with Crippen molar-refractivity contribution in [2.45, 2.75) is 18.8 Å². The van der Waals surface area contributed by atoms with Gasteiger partial charge in [0.15, 0.2) is 0 Å². The largest absolute Gasteiger partial charge is 0.296 e. The molecule has 1 fully saturated rings. The summed E-state index contributed by atoms with van der Waals surface area (Å²) in [6.45, 7) is 0. The molecule has 2 aromatic rings. The maximum atomic E-state index is 11.9. The lowest BCUT2D eigenvalue weighted by Gasteiger charge is -2.21. The minimum Gasteiger partial charge on any atom is -0.296 e. The lowest BCUT2D eigenvalue weighted by molar-refractivity contribution is -0.134. The number of benzene rings is 1. The molecule has 92 valence electrons. The van der Waals surface area contributed by atoms with Gasteiger partial charge in [-0.2, -0.15) is 5.10 Å². The Bertz CT molecular complexity index is 650. The van der Waals surface area contributed by atoms with Crippen LogP contribution in [-0.4, -0.2) is 22.0 Å². The average molecular weight is 308 g/mol. The Kier molecular flexibility index (Phi) is 2.66. The summed E-state index contributed by atoms with van der Waals surface area (Å²) in [5.41, 5.74) is 1.73. The number of aromatic nitrogens is 2. The first kappa shape index (κ1) is 11.4. The van der Waals surface area contributed by atoms with Crippen LogP contribution in [-0.2, 0) is 9.59 Å². The van der Waals surface area contributed by atoms with E-state index in [2.05, 4.69) is 31.4 Å². The fourth-order valence-electron chi connectivity index (χ4n) is 2.30. The van der Waals surface area contributed by atoms with Crippen LogP contribution in [0, 0.1) is 0 Å². The van der Waals surface area contributed by atoms with Crippen molar-refractivity contribution in [3.8, 4) is 0 Å². The molecule has 1 aromatic heterocycles. The van der Waals surface area contributed by atoms with Gasteiger partial charge in [0.2, 0.25) is 11.8 Å². The van der Waals surface area contributed by atoms with Gasteiger partial charge in [0.05, 0.1) is 17.6 Å². The minimum absolute atomic E-state index is 0.200. The minimum atomic E-state index is -0.293. The van der Waals surface area contributed by atoms with E-state index in [1.807, 2.05) is 12.1 Å². The number of piperidine rings is 1. The van der Waals surface area contributed by atoms with Crippen molar-refractivity contribution in [2.75, 3.05) is 0 Å². The van der Waals surface area contributed by atoms with Crippen LogP contribution in [0.25, 0.3) is 10.9 Å². The molecular weight excluding hydrogens is 298 g/mol. The van der Waals surface area contributed by atoms with Crippen molar-refractivity contribution in [2.24, 2.45) is 0 Å². The molecule has 1 aromatic carbocycles. The number of H-pyrrole nitrogens is 1. The van der Waals surface area contributed by atoms with E-state index in [0.717, 1.165) is 20.9 Å². The number of carbonyl (C=O) groups is 2. The summed E-state index contributed by atoms with van der Waals surface area (Å²) in [7, 11) is 0. The Morgan fingerprint density at radius 1 is 1.33 bits per heavy atom. The number of hydrogen-bond acceptors (Lipinski definition) is 3. The maximum absolute atomic E-state index is 11.9. The number of nitrogens with zero attached hydrogens (tertiary/aromatic N) is 1. The number of aromatic amines is 1. The third-order valence-electron chi connectivity index (χ3n) is 3.21. The van der Waals surface area contributed by atoms with Crippen molar-refractivity contribution in [3.05, 3.63) is 28.4 Å². The number of amides is 2. The van der Waals surface area contributed by atoms with Crippen LogP contribution in [0.2, 0.25) is 0 Å². The quantitative estimate of drug-likeness (QED) is 0.790. The maximum Gasteiger partial charge on any atom is 0.234 e. The fourth-order valence-corrected chi connectivity index (χ4v) is 2.74. The Balaban J connectivity index is 2.09. The highest BCUT2D eigenvalue weighted by Crippen LogP contribution is 2.33. The first-order valence-electron chi connectivity index (χ1n) is 5.62. The summed E-state index contributed by atoms with van der Waals surface area (Å²) in [4.78, 5) is 23.0. The van der Waals surface area contributed by atoms with Gasteiger partial charge in [-0.3, -0.25) is 20.0 Å². The van der Waals surface area contributed by atoms with Crippen molar-refractivity contribution in [3.63, 3.8) is 0 Å². The highest BCUT2D eigenvalue weighted by molar-refractivity contribution is 9.10. The fraction of sp³-hybridized carbons (Fsp3) is 0.250. The van der Waals surface area contributed by atoms with Crippen LogP contribution in [0.1, 0.15) is 24.3 Å². The standard InChI is InChI=1S/C12H10BrN3O2/c13-9-3-1-6(11-8(9)5-14-16-11)7-2-4-10(17)15-12(7)18/h1,3,5,7H,2,4H2,(H,14,16)(H,15,17,18). The number of rotatable bonds is 1. The van der Waals surface area contributed by atoms with Crippen molar-refractivity contribution in [1.29, 1.82) is 0 Å². The molecule has 5 nitrogen and oxygen atoms in total. The molecule has 2 heterocycles. The monoisotopic (exact) mass is 307 g/mol. The first-order chi connectivity index (χ1) is 8.66. The lowest BCUT2D eigenvalue weighted by Crippen LogP contribution is -2.39. The highest BCUT2D eigenvalue weighted by atomic mass is 79.9. The molecular formula is C12H10BrN3O2. The Hall–Kier alpha value is -1.69. The molecule has 1 aliphatic rings. The zero-order valence-electron chi connectivity index (χ0n) is 9.37. The number of carbonyl (C=O) groups excluding carboxylic acids is 2. The molecule has 1 unspecified atom stereocenters. The Morgan fingerprint density at radius 2 is 2.17 bits per heavy atom. The number of nitrogens with one attached hydrogen (secondary N) is 2. The van der Waals surface area contributed by atoms with E-state index in [1.165, 1.54) is 0 Å². The van der Waals surface area contributed by atoms with Gasteiger partial charge >= 0.3 is 0 Å². The van der Waals surface area contributed by atoms with Gasteiger partial charge in [0, 0.05) is 16.3 Å². The second-order valence-electron chi connectivity index (χ2n) is 4.30. The van der Waals surface area contributed by atoms with E-state index in [9.17, 15) is 9.59 Å². The third kappa shape index (κ3) is 1.73. The number of fused-ring (bicyclic) bond motifs is 1. The topological polar surface area (TPSA) is 74.8 Å². The zero-order chi connectivity index (χ0) is 12.7. The van der Waals surface area contributed by atoms with Gasteiger partial charge in [0.25, 0.3) is 0 Å². The number of halogens is 1. The smallest absolute Gasteiger partial charge is 0.234 e. The van der Waals surface area contributed by atoms with E-state index < -0.39 is 0 Å². The van der Waals surface area contributed by atoms with Gasteiger partial charge in [-0.25, -0.2) is 0 Å². The molecule has 0 radical (unpaired) electrons. The Morgan fingerprint density at radius 3 is 2.94 bits per heavy atom. The molecule has 2 N–H and O–H groups in total. The molecule has 3 rings (SSSR count). The van der Waals surface area contributed by atoms with Gasteiger partial charge in [0.1, 0.15) is 0 Å². The average Bonchev–Trinajstić information content (AvgIpc) is 2.81. The van der Waals surface area contributed by atoms with E-state index in [4.69, 9.17) is 0 Å². The highest BCUT2D eigenvalue weighted by Gasteiger charge is 2.29. The van der Waals surface area contributed by atoms with E-state index in [1.54, 1.807) is 6.20 Å². The van der Waals surface area contributed by atoms with Crippen LogP contribution < -0.4 is 5.32 Å². The van der Waals surface area contributed by atoms with Crippen molar-refractivity contribution in [1.82, 2.24) is 15.5 Å². The summed E-state index contributed by atoms with van der Waals surface area (Å²) in [5.74, 6) is -0.725. The van der Waals surface area contributed by atoms with Gasteiger partial charge in [-0.1, -0.05) is 22.0 Å². The summed E-state index contributed by atoms with van der Waals surface area (Å²) in [5, 5.41) is 10.2. The van der Waals surface area contributed by atoms with Gasteiger partial charge < -0.3 is 0 Å². The van der Waals surface area contributed by atoms with Gasteiger partial charge in [-0.05, 0) is 18.1 Å². The molecule has 2 amide bonds. The second kappa shape index (κ2) is 4.20. The van der Waals surface area contributed by atoms with Crippen molar-refractivity contribution >= 4 is 38.6 Å². The summed E-state index contributed by atoms with van der Waals surface area (Å²) >= 11 is 3.44. The first-order valence-corrected chi connectivity index (χ1v) is 6.41. The molecule has 1 atom stereocenters. The summed E-state index contributed by atoms with van der Waals surface area (Å²) in [6, 6.07) is 3.79. The number of imide groups is 1. The summed E-state index contributed by atoms with van der Waals surface area (Å²) < 4.78 is 0.933. The number of hydrogen-bond donors (Lipinski definition) is 2. The lowest BCUT2D eigenvalue weighted by atomic mass is 9.89. The van der Waals surface area contributed by atoms with Crippen LogP contribution in [0.3, 0.4) is 0 Å². The zero-order valence-corrected chi connectivity index (χ0v) is 11.0. The molecule has 1 aliphatic heterocycles. The molecule has 0 saturated carbocycles. The van der Waals surface area contributed by atoms with E-state index >= 15 is 0 Å². The Labute approximate surface area is 111 Å². The molecule has 0 spiro atoms. The van der Waals surface area contributed by atoms with Crippen LogP contribution in [0.15, 0.2) is 22.8 Å². The van der Waals surface area contributed by atoms with Crippen molar-refractivity contribution < 1.29 is 9.59 Å². The van der Waals surface area contributed by atoms with Crippen LogP contribution in [0.5, 0.6) is 0 Å². The molecule has 1 saturated heterocycles. The molecule has 18 heavy (non-hydrogen) atoms. The molecule has 6 heteroatoms. The summed E-state index contributed by atoms with van der Waals surface area (Å²) in [6.07, 6.45) is 2.64. The predicted octanol–water partition coefficient (Wildman–Crippen LogP) is 1.85. The van der Waals surface area contributed by atoms with Crippen LogP contribution >= 0.6 is 15.9 Å².